The molecule has 0 aliphatic heterocycles. The molecule has 12 heavy (non-hydrogen) atoms. The zero-order valence-electron chi connectivity index (χ0n) is 6.04. The molecule has 66 valence electrons. The van der Waals surface area contributed by atoms with E-state index in [1.54, 1.807) is 0 Å². The van der Waals surface area contributed by atoms with Crippen LogP contribution >= 0.6 is 11.3 Å². The van der Waals surface area contributed by atoms with Gasteiger partial charge in [0.05, 0.1) is 5.01 Å². The smallest absolute Gasteiger partial charge is 0.380 e. The SMILES string of the molecule is Cc1ncc(C(F)(F)C(=O)O)s1. The van der Waals surface area contributed by atoms with E-state index in [0.717, 1.165) is 6.20 Å². The average Bonchev–Trinajstić information content (AvgIpc) is 2.35. The normalized spacial score (nSPS) is 11.6. The van der Waals surface area contributed by atoms with Gasteiger partial charge in [-0.15, -0.1) is 11.3 Å². The number of carboxylic acid groups (broad SMARTS) is 1. The van der Waals surface area contributed by atoms with Gasteiger partial charge in [0.15, 0.2) is 0 Å². The summed E-state index contributed by atoms with van der Waals surface area (Å²) < 4.78 is 25.3. The van der Waals surface area contributed by atoms with Crippen molar-refractivity contribution in [2.24, 2.45) is 0 Å². The number of nitrogens with zero attached hydrogens (tertiary/aromatic N) is 1. The molecule has 0 fully saturated rings. The zero-order valence-corrected chi connectivity index (χ0v) is 6.86. The van der Waals surface area contributed by atoms with Gasteiger partial charge in [-0.25, -0.2) is 9.78 Å². The maximum absolute atomic E-state index is 12.7. The highest BCUT2D eigenvalue weighted by atomic mass is 32.1. The summed E-state index contributed by atoms with van der Waals surface area (Å²) >= 11 is 0.681. The number of hydrogen-bond donors (Lipinski definition) is 1. The molecule has 0 saturated heterocycles. The summed E-state index contributed by atoms with van der Waals surface area (Å²) in [5.41, 5.74) is 0. The average molecular weight is 193 g/mol. The quantitative estimate of drug-likeness (QED) is 0.776. The van der Waals surface area contributed by atoms with Crippen LogP contribution in [0.2, 0.25) is 0 Å². The van der Waals surface area contributed by atoms with Gasteiger partial charge in [0, 0.05) is 6.20 Å². The lowest BCUT2D eigenvalue weighted by Crippen LogP contribution is -2.23. The van der Waals surface area contributed by atoms with E-state index in [0.29, 0.717) is 16.3 Å². The zero-order chi connectivity index (χ0) is 9.35. The number of alkyl halides is 2. The Morgan fingerprint density at radius 2 is 2.33 bits per heavy atom. The number of hydrogen-bond acceptors (Lipinski definition) is 3. The Morgan fingerprint density at radius 1 is 1.75 bits per heavy atom. The number of rotatable bonds is 2. The minimum atomic E-state index is -3.81. The Balaban J connectivity index is 3.05. The molecule has 0 bridgehead atoms. The molecule has 6 heteroatoms. The van der Waals surface area contributed by atoms with Crippen LogP contribution in [0.15, 0.2) is 6.20 Å². The third-order valence-corrected chi connectivity index (χ3v) is 2.18. The van der Waals surface area contributed by atoms with Gasteiger partial charge in [-0.05, 0) is 6.92 Å². The molecule has 0 atom stereocenters. The Morgan fingerprint density at radius 3 is 2.67 bits per heavy atom. The highest BCUT2D eigenvalue weighted by Gasteiger charge is 2.42. The summed E-state index contributed by atoms with van der Waals surface area (Å²) in [5, 5.41) is 8.55. The second-order valence-corrected chi connectivity index (χ2v) is 3.36. The molecular formula is C6H5F2NO2S. The molecule has 0 aliphatic carbocycles. The molecular weight excluding hydrogens is 188 g/mol. The minimum absolute atomic E-state index is 0.422. The van der Waals surface area contributed by atoms with E-state index in [9.17, 15) is 13.6 Å². The molecule has 0 aromatic carbocycles. The topological polar surface area (TPSA) is 50.2 Å². The fourth-order valence-corrected chi connectivity index (χ4v) is 1.36. The van der Waals surface area contributed by atoms with Crippen LogP contribution in [0.5, 0.6) is 0 Å². The maximum atomic E-state index is 12.7. The van der Waals surface area contributed by atoms with E-state index in [1.807, 2.05) is 0 Å². The lowest BCUT2D eigenvalue weighted by molar-refractivity contribution is -0.165. The molecule has 1 N–H and O–H groups in total. The lowest BCUT2D eigenvalue weighted by Gasteiger charge is -2.06. The predicted molar refractivity (Wildman–Crippen MR) is 38.4 cm³/mol. The van der Waals surface area contributed by atoms with Crippen LogP contribution in [-0.2, 0) is 10.7 Å². The first-order valence-corrected chi connectivity index (χ1v) is 3.80. The standard InChI is InChI=1S/C6H5F2NO2S/c1-3-9-2-4(12-3)6(7,8)5(10)11/h2H,1H3,(H,10,11). The minimum Gasteiger partial charge on any atom is -0.477 e. The summed E-state index contributed by atoms with van der Waals surface area (Å²) in [6.45, 7) is 1.53. The fourth-order valence-electron chi connectivity index (χ4n) is 0.612. The monoisotopic (exact) mass is 193 g/mol. The Kier molecular flexibility index (Phi) is 2.10. The van der Waals surface area contributed by atoms with E-state index in [4.69, 9.17) is 5.11 Å². The summed E-state index contributed by atoms with van der Waals surface area (Å²) in [6.07, 6.45) is 0.883. The van der Waals surface area contributed by atoms with E-state index >= 15 is 0 Å². The second kappa shape index (κ2) is 2.78. The van der Waals surface area contributed by atoms with Gasteiger partial charge in [-0.1, -0.05) is 0 Å². The van der Waals surface area contributed by atoms with E-state index in [2.05, 4.69) is 4.98 Å². The first-order chi connectivity index (χ1) is 5.44. The molecule has 1 aromatic rings. The highest BCUT2D eigenvalue weighted by molar-refractivity contribution is 7.11. The van der Waals surface area contributed by atoms with Crippen molar-refractivity contribution < 1.29 is 18.7 Å². The number of carboxylic acids is 1. The first-order valence-electron chi connectivity index (χ1n) is 2.98. The van der Waals surface area contributed by atoms with Crippen LogP contribution in [-0.4, -0.2) is 16.1 Å². The van der Waals surface area contributed by atoms with Crippen LogP contribution in [0.3, 0.4) is 0 Å². The molecule has 1 rings (SSSR count). The summed E-state index contributed by atoms with van der Waals surface area (Å²) in [4.78, 5) is 13.1. The van der Waals surface area contributed by atoms with E-state index in [1.165, 1.54) is 6.92 Å². The van der Waals surface area contributed by atoms with E-state index < -0.39 is 16.8 Å². The van der Waals surface area contributed by atoms with Crippen molar-refractivity contribution in [1.29, 1.82) is 0 Å². The van der Waals surface area contributed by atoms with Crippen molar-refractivity contribution in [1.82, 2.24) is 4.98 Å². The fraction of sp³-hybridized carbons (Fsp3) is 0.333. The molecule has 0 amide bonds. The third kappa shape index (κ3) is 1.42. The summed E-state index contributed by atoms with van der Waals surface area (Å²) in [6, 6.07) is 0. The van der Waals surface area contributed by atoms with E-state index in [-0.39, 0.29) is 0 Å². The molecule has 1 heterocycles. The molecule has 3 nitrogen and oxygen atoms in total. The number of aryl methyl sites for hydroxylation is 1. The summed E-state index contributed by atoms with van der Waals surface area (Å²) in [5.74, 6) is -5.96. The maximum Gasteiger partial charge on any atom is 0.380 e. The number of halogens is 2. The summed E-state index contributed by atoms with van der Waals surface area (Å²) in [7, 11) is 0. The number of aromatic nitrogens is 1. The van der Waals surface area contributed by atoms with Crippen LogP contribution in [0, 0.1) is 6.92 Å². The van der Waals surface area contributed by atoms with Crippen LogP contribution in [0.25, 0.3) is 0 Å². The number of thiazole rings is 1. The first kappa shape index (κ1) is 9.05. The van der Waals surface area contributed by atoms with Gasteiger partial charge in [0.25, 0.3) is 0 Å². The predicted octanol–water partition coefficient (Wildman–Crippen LogP) is 1.63. The number of carbonyl (C=O) groups is 1. The molecule has 0 radical (unpaired) electrons. The van der Waals surface area contributed by atoms with Gasteiger partial charge in [-0.2, -0.15) is 8.78 Å². The molecule has 0 spiro atoms. The van der Waals surface area contributed by atoms with Crippen molar-refractivity contribution in [2.45, 2.75) is 12.8 Å². The second-order valence-electron chi connectivity index (χ2n) is 2.12. The molecule has 0 aliphatic rings. The van der Waals surface area contributed by atoms with Crippen molar-refractivity contribution in [3.05, 3.63) is 16.1 Å². The van der Waals surface area contributed by atoms with Gasteiger partial charge in [0.2, 0.25) is 0 Å². The molecule has 1 aromatic heterocycles. The Hall–Kier alpha value is -1.04. The highest BCUT2D eigenvalue weighted by Crippen LogP contribution is 2.31. The third-order valence-electron chi connectivity index (χ3n) is 1.20. The van der Waals surface area contributed by atoms with Gasteiger partial charge in [-0.3, -0.25) is 0 Å². The van der Waals surface area contributed by atoms with Crippen molar-refractivity contribution >= 4 is 17.3 Å². The van der Waals surface area contributed by atoms with Crippen molar-refractivity contribution in [3.63, 3.8) is 0 Å². The lowest BCUT2D eigenvalue weighted by atomic mass is 10.3. The van der Waals surface area contributed by atoms with Crippen molar-refractivity contribution in [3.8, 4) is 0 Å². The van der Waals surface area contributed by atoms with Crippen molar-refractivity contribution in [2.75, 3.05) is 0 Å². The molecule has 0 unspecified atom stereocenters. The van der Waals surface area contributed by atoms with Crippen LogP contribution in [0.4, 0.5) is 8.78 Å². The van der Waals surface area contributed by atoms with Crippen LogP contribution in [0.1, 0.15) is 9.88 Å². The molecule has 0 saturated carbocycles. The van der Waals surface area contributed by atoms with Gasteiger partial charge >= 0.3 is 11.9 Å². The number of aliphatic carboxylic acids is 1. The Labute approximate surface area is 70.7 Å². The van der Waals surface area contributed by atoms with Gasteiger partial charge < -0.3 is 5.11 Å². The largest absolute Gasteiger partial charge is 0.477 e. The Bertz CT molecular complexity index is 310. The van der Waals surface area contributed by atoms with Crippen LogP contribution < -0.4 is 0 Å². The van der Waals surface area contributed by atoms with Gasteiger partial charge in [0.1, 0.15) is 4.88 Å².